The maximum atomic E-state index is 6.40. The third kappa shape index (κ3) is 2.67. The summed E-state index contributed by atoms with van der Waals surface area (Å²) in [5.41, 5.74) is 4.99. The monoisotopic (exact) mass is 315 g/mol. The summed E-state index contributed by atoms with van der Waals surface area (Å²) in [5.74, 6) is 0.939. The first-order valence-electron chi connectivity index (χ1n) is 8.35. The molecule has 2 rings (SSSR count). The minimum atomic E-state index is -1.82. The maximum absolute atomic E-state index is 6.40. The molecule has 0 unspecified atom stereocenters. The van der Waals surface area contributed by atoms with E-state index in [4.69, 9.17) is 9.40 Å². The molecule has 0 atom stereocenters. The van der Waals surface area contributed by atoms with Gasteiger partial charge in [0.15, 0.2) is 19.3 Å². The van der Waals surface area contributed by atoms with Gasteiger partial charge in [0.1, 0.15) is 0 Å². The zero-order valence-corrected chi connectivity index (χ0v) is 16.0. The standard InChI is InChI=1S/C19H29NOSi/c1-13(2)22(14(3)4,15(5)6)19-20-16(7)18(21-19)17-11-9-8-10-12-17/h8-15H,1-7H3. The number of aromatic nitrogens is 1. The predicted molar refractivity (Wildman–Crippen MR) is 97.4 cm³/mol. The normalized spacial score (nSPS) is 12.6. The van der Waals surface area contributed by atoms with Crippen molar-refractivity contribution in [1.82, 2.24) is 4.98 Å². The van der Waals surface area contributed by atoms with E-state index in [1.165, 1.54) is 0 Å². The van der Waals surface area contributed by atoms with Crippen molar-refractivity contribution < 1.29 is 4.42 Å². The largest absolute Gasteiger partial charge is 0.445 e. The minimum Gasteiger partial charge on any atom is -0.445 e. The lowest BCUT2D eigenvalue weighted by Gasteiger charge is -2.39. The third-order valence-corrected chi connectivity index (χ3v) is 11.8. The summed E-state index contributed by atoms with van der Waals surface area (Å²) in [4.78, 5) is 4.92. The van der Waals surface area contributed by atoms with Gasteiger partial charge < -0.3 is 4.42 Å². The zero-order valence-electron chi connectivity index (χ0n) is 15.0. The lowest BCUT2D eigenvalue weighted by atomic mass is 10.1. The summed E-state index contributed by atoms with van der Waals surface area (Å²) in [6.45, 7) is 16.1. The Bertz CT molecular complexity index is 592. The van der Waals surface area contributed by atoms with Crippen molar-refractivity contribution in [3.05, 3.63) is 36.0 Å². The van der Waals surface area contributed by atoms with Crippen molar-refractivity contribution in [3.8, 4) is 11.3 Å². The van der Waals surface area contributed by atoms with E-state index in [-0.39, 0.29) is 0 Å². The van der Waals surface area contributed by atoms with E-state index in [1.807, 2.05) is 6.07 Å². The van der Waals surface area contributed by atoms with Crippen LogP contribution in [0.2, 0.25) is 16.6 Å². The Hall–Kier alpha value is -1.35. The van der Waals surface area contributed by atoms with Crippen LogP contribution in [-0.4, -0.2) is 13.1 Å². The van der Waals surface area contributed by atoms with E-state index in [9.17, 15) is 0 Å². The average molecular weight is 316 g/mol. The van der Waals surface area contributed by atoms with Gasteiger partial charge in [-0.2, -0.15) is 0 Å². The van der Waals surface area contributed by atoms with Gasteiger partial charge in [0.25, 0.3) is 0 Å². The molecule has 0 aliphatic heterocycles. The van der Waals surface area contributed by atoms with E-state index in [0.717, 1.165) is 22.5 Å². The number of oxazole rings is 1. The van der Waals surface area contributed by atoms with E-state index < -0.39 is 8.07 Å². The molecule has 0 radical (unpaired) electrons. The van der Waals surface area contributed by atoms with Crippen molar-refractivity contribution in [2.45, 2.75) is 65.1 Å². The fourth-order valence-electron chi connectivity index (χ4n) is 4.18. The second kappa shape index (κ2) is 6.41. The average Bonchev–Trinajstić information content (AvgIpc) is 2.81. The van der Waals surface area contributed by atoms with Gasteiger partial charge in [0.2, 0.25) is 0 Å². The maximum Gasteiger partial charge on any atom is 0.168 e. The van der Waals surface area contributed by atoms with Crippen LogP contribution < -0.4 is 5.51 Å². The molecule has 22 heavy (non-hydrogen) atoms. The summed E-state index contributed by atoms with van der Waals surface area (Å²) in [5, 5.41) is 0. The second-order valence-electron chi connectivity index (χ2n) is 7.20. The Morgan fingerprint density at radius 2 is 1.36 bits per heavy atom. The molecule has 3 heteroatoms. The highest BCUT2D eigenvalue weighted by molar-refractivity contribution is 6.93. The van der Waals surface area contributed by atoms with Gasteiger partial charge in [-0.15, -0.1) is 0 Å². The smallest absolute Gasteiger partial charge is 0.168 e. The molecule has 1 aromatic heterocycles. The molecule has 1 aromatic carbocycles. The fraction of sp³-hybridized carbons (Fsp3) is 0.526. The van der Waals surface area contributed by atoms with Crippen molar-refractivity contribution in [2.75, 3.05) is 0 Å². The third-order valence-electron chi connectivity index (χ3n) is 5.07. The highest BCUT2D eigenvalue weighted by Gasteiger charge is 2.49. The number of rotatable bonds is 5. The van der Waals surface area contributed by atoms with Crippen molar-refractivity contribution in [1.29, 1.82) is 0 Å². The summed E-state index contributed by atoms with van der Waals surface area (Å²) in [6, 6.07) is 10.3. The van der Waals surface area contributed by atoms with E-state index in [0.29, 0.717) is 16.6 Å². The SMILES string of the molecule is Cc1nc([Si](C(C)C)(C(C)C)C(C)C)oc1-c1ccccc1. The lowest BCUT2D eigenvalue weighted by molar-refractivity contribution is 0.593. The Kier molecular flexibility index (Phi) is 4.96. The van der Waals surface area contributed by atoms with E-state index in [2.05, 4.69) is 72.7 Å². The first-order valence-corrected chi connectivity index (χ1v) is 10.6. The van der Waals surface area contributed by atoms with Gasteiger partial charge in [0, 0.05) is 5.56 Å². The van der Waals surface area contributed by atoms with Crippen LogP contribution in [0.1, 0.15) is 47.2 Å². The van der Waals surface area contributed by atoms with Gasteiger partial charge >= 0.3 is 0 Å². The molecule has 0 saturated carbocycles. The Labute approximate surface area is 136 Å². The molecular weight excluding hydrogens is 286 g/mol. The van der Waals surface area contributed by atoms with Crippen LogP contribution in [-0.2, 0) is 0 Å². The highest BCUT2D eigenvalue weighted by atomic mass is 28.3. The number of hydrogen-bond acceptors (Lipinski definition) is 2. The molecule has 2 nitrogen and oxygen atoms in total. The number of nitrogens with zero attached hydrogens (tertiary/aromatic N) is 1. The summed E-state index contributed by atoms with van der Waals surface area (Å²) < 4.78 is 6.40. The highest BCUT2D eigenvalue weighted by Crippen LogP contribution is 2.41. The van der Waals surface area contributed by atoms with Crippen LogP contribution in [0.5, 0.6) is 0 Å². The quantitative estimate of drug-likeness (QED) is 0.677. The van der Waals surface area contributed by atoms with Crippen LogP contribution in [0, 0.1) is 6.92 Å². The fourth-order valence-corrected chi connectivity index (χ4v) is 10.3. The van der Waals surface area contributed by atoms with E-state index in [1.54, 1.807) is 0 Å². The topological polar surface area (TPSA) is 26.0 Å². The molecule has 0 bridgehead atoms. The van der Waals surface area contributed by atoms with Crippen molar-refractivity contribution >= 4 is 13.6 Å². The molecule has 0 saturated heterocycles. The van der Waals surface area contributed by atoms with E-state index >= 15 is 0 Å². The summed E-state index contributed by atoms with van der Waals surface area (Å²) in [7, 11) is -1.82. The molecule has 0 aliphatic carbocycles. The van der Waals surface area contributed by atoms with Crippen LogP contribution in [0.4, 0.5) is 0 Å². The Balaban J connectivity index is 2.61. The molecule has 0 spiro atoms. The van der Waals surface area contributed by atoms with Crippen molar-refractivity contribution in [3.63, 3.8) is 0 Å². The van der Waals surface area contributed by atoms with Crippen LogP contribution in [0.3, 0.4) is 0 Å². The van der Waals surface area contributed by atoms with Gasteiger partial charge in [-0.05, 0) is 23.5 Å². The molecule has 0 N–H and O–H groups in total. The summed E-state index contributed by atoms with van der Waals surface area (Å²) in [6.07, 6.45) is 0. The molecule has 0 fully saturated rings. The van der Waals surface area contributed by atoms with Crippen molar-refractivity contribution in [2.24, 2.45) is 0 Å². The first-order chi connectivity index (χ1) is 10.3. The Morgan fingerprint density at radius 1 is 0.864 bits per heavy atom. The van der Waals surface area contributed by atoms with Crippen LogP contribution in [0.15, 0.2) is 34.7 Å². The minimum absolute atomic E-state index is 0.606. The predicted octanol–water partition coefficient (Wildman–Crippen LogP) is 5.54. The molecule has 1 heterocycles. The molecule has 2 aromatic rings. The number of aryl methyl sites for hydroxylation is 1. The van der Waals surface area contributed by atoms with Crippen LogP contribution in [0.25, 0.3) is 11.3 Å². The molecular formula is C19H29NOSi. The summed E-state index contributed by atoms with van der Waals surface area (Å²) >= 11 is 0. The molecule has 120 valence electrons. The van der Waals surface area contributed by atoms with Gasteiger partial charge in [0.05, 0.1) is 5.69 Å². The Morgan fingerprint density at radius 3 is 1.82 bits per heavy atom. The number of benzene rings is 1. The second-order valence-corrected chi connectivity index (χ2v) is 13.0. The lowest BCUT2D eigenvalue weighted by Crippen LogP contribution is -2.56. The molecule has 0 aliphatic rings. The van der Waals surface area contributed by atoms with Gasteiger partial charge in [-0.3, -0.25) is 0 Å². The number of hydrogen-bond donors (Lipinski definition) is 0. The van der Waals surface area contributed by atoms with Crippen LogP contribution >= 0.6 is 0 Å². The van der Waals surface area contributed by atoms with Gasteiger partial charge in [-0.25, -0.2) is 4.98 Å². The first kappa shape index (κ1) is 17.0. The zero-order chi connectivity index (χ0) is 16.5. The van der Waals surface area contributed by atoms with Gasteiger partial charge in [-0.1, -0.05) is 71.9 Å². The molecule has 0 amide bonds.